The standard InChI is InChI=1S/C16H20N2O3S/c1-10(2)15-17-16(21-18-15)11(3)22-12-5-6-13-14(9-12)20-8-4-7-19-13/h5-6,9-11H,4,7-8H2,1-3H3. The molecule has 0 saturated heterocycles. The summed E-state index contributed by atoms with van der Waals surface area (Å²) in [5.41, 5.74) is 0. The molecule has 2 heterocycles. The molecule has 1 aliphatic rings. The van der Waals surface area contributed by atoms with Crippen LogP contribution in [-0.2, 0) is 0 Å². The van der Waals surface area contributed by atoms with E-state index in [2.05, 4.69) is 30.9 Å². The second-order valence-corrected chi connectivity index (χ2v) is 6.98. The van der Waals surface area contributed by atoms with Gasteiger partial charge in [-0.15, -0.1) is 11.8 Å². The van der Waals surface area contributed by atoms with Crippen LogP contribution in [0.5, 0.6) is 11.5 Å². The van der Waals surface area contributed by atoms with Crippen LogP contribution >= 0.6 is 11.8 Å². The van der Waals surface area contributed by atoms with E-state index in [0.29, 0.717) is 19.1 Å². The molecule has 22 heavy (non-hydrogen) atoms. The van der Waals surface area contributed by atoms with Gasteiger partial charge in [-0.2, -0.15) is 4.98 Å². The summed E-state index contributed by atoms with van der Waals surface area (Å²) in [4.78, 5) is 5.55. The van der Waals surface area contributed by atoms with Crippen molar-refractivity contribution in [1.29, 1.82) is 0 Å². The Kier molecular flexibility index (Phi) is 4.57. The Morgan fingerprint density at radius 3 is 2.59 bits per heavy atom. The molecule has 5 nitrogen and oxygen atoms in total. The molecule has 0 bridgehead atoms. The molecule has 2 aromatic rings. The van der Waals surface area contributed by atoms with Crippen LogP contribution in [0.3, 0.4) is 0 Å². The minimum Gasteiger partial charge on any atom is -0.490 e. The first-order chi connectivity index (χ1) is 10.6. The molecule has 3 rings (SSSR count). The average Bonchev–Trinajstić information content (AvgIpc) is 2.88. The second kappa shape index (κ2) is 6.60. The van der Waals surface area contributed by atoms with E-state index in [1.807, 2.05) is 18.2 Å². The molecule has 1 atom stereocenters. The Labute approximate surface area is 134 Å². The molecule has 0 fully saturated rings. The lowest BCUT2D eigenvalue weighted by Crippen LogP contribution is -1.97. The van der Waals surface area contributed by atoms with Crippen molar-refractivity contribution in [3.8, 4) is 11.5 Å². The van der Waals surface area contributed by atoms with Gasteiger partial charge >= 0.3 is 0 Å². The summed E-state index contributed by atoms with van der Waals surface area (Å²) in [6.45, 7) is 7.56. The van der Waals surface area contributed by atoms with E-state index in [9.17, 15) is 0 Å². The number of rotatable bonds is 4. The largest absolute Gasteiger partial charge is 0.490 e. The number of benzene rings is 1. The zero-order chi connectivity index (χ0) is 15.5. The van der Waals surface area contributed by atoms with Crippen LogP contribution in [0.25, 0.3) is 0 Å². The third kappa shape index (κ3) is 3.38. The third-order valence-corrected chi connectivity index (χ3v) is 4.43. The molecule has 0 aliphatic carbocycles. The maximum Gasteiger partial charge on any atom is 0.239 e. The average molecular weight is 320 g/mol. The lowest BCUT2D eigenvalue weighted by Gasteiger charge is -2.11. The van der Waals surface area contributed by atoms with Gasteiger partial charge in [0.05, 0.1) is 18.5 Å². The van der Waals surface area contributed by atoms with Crippen molar-refractivity contribution in [2.45, 2.75) is 43.3 Å². The fourth-order valence-corrected chi connectivity index (χ4v) is 3.04. The molecule has 0 spiro atoms. The zero-order valence-electron chi connectivity index (χ0n) is 13.0. The van der Waals surface area contributed by atoms with E-state index in [4.69, 9.17) is 14.0 Å². The van der Waals surface area contributed by atoms with Gasteiger partial charge in [0.1, 0.15) is 0 Å². The summed E-state index contributed by atoms with van der Waals surface area (Å²) in [6.07, 6.45) is 0.910. The van der Waals surface area contributed by atoms with Crippen molar-refractivity contribution in [3.05, 3.63) is 29.9 Å². The van der Waals surface area contributed by atoms with Crippen LogP contribution in [0, 0.1) is 0 Å². The van der Waals surface area contributed by atoms with Crippen molar-refractivity contribution in [3.63, 3.8) is 0 Å². The molecular weight excluding hydrogens is 300 g/mol. The maximum absolute atomic E-state index is 5.72. The second-order valence-electron chi connectivity index (χ2n) is 5.56. The molecule has 0 N–H and O–H groups in total. The van der Waals surface area contributed by atoms with Crippen molar-refractivity contribution in [2.24, 2.45) is 0 Å². The summed E-state index contributed by atoms with van der Waals surface area (Å²) in [7, 11) is 0. The van der Waals surface area contributed by atoms with Gasteiger partial charge in [0.25, 0.3) is 0 Å². The van der Waals surface area contributed by atoms with Crippen LogP contribution < -0.4 is 9.47 Å². The maximum atomic E-state index is 5.72. The van der Waals surface area contributed by atoms with Gasteiger partial charge in [-0.1, -0.05) is 19.0 Å². The van der Waals surface area contributed by atoms with Crippen molar-refractivity contribution >= 4 is 11.8 Å². The first-order valence-electron chi connectivity index (χ1n) is 7.53. The topological polar surface area (TPSA) is 57.4 Å². The lowest BCUT2D eigenvalue weighted by molar-refractivity contribution is 0.297. The number of hydrogen-bond donors (Lipinski definition) is 0. The normalized spacial score (nSPS) is 15.6. The highest BCUT2D eigenvalue weighted by molar-refractivity contribution is 7.99. The van der Waals surface area contributed by atoms with E-state index >= 15 is 0 Å². The Hall–Kier alpha value is -1.69. The molecule has 0 amide bonds. The van der Waals surface area contributed by atoms with Crippen LogP contribution in [0.2, 0.25) is 0 Å². The van der Waals surface area contributed by atoms with Gasteiger partial charge in [-0.05, 0) is 25.1 Å². The van der Waals surface area contributed by atoms with Crippen molar-refractivity contribution < 1.29 is 14.0 Å². The van der Waals surface area contributed by atoms with Crippen LogP contribution in [0.1, 0.15) is 50.1 Å². The fraction of sp³-hybridized carbons (Fsp3) is 0.500. The molecular formula is C16H20N2O3S. The predicted molar refractivity (Wildman–Crippen MR) is 84.7 cm³/mol. The summed E-state index contributed by atoms with van der Waals surface area (Å²) in [6, 6.07) is 6.01. The molecule has 6 heteroatoms. The lowest BCUT2D eigenvalue weighted by atomic mass is 10.2. The highest BCUT2D eigenvalue weighted by Gasteiger charge is 2.18. The van der Waals surface area contributed by atoms with Crippen molar-refractivity contribution in [1.82, 2.24) is 10.1 Å². The Morgan fingerprint density at radius 2 is 1.86 bits per heavy atom. The van der Waals surface area contributed by atoms with E-state index < -0.39 is 0 Å². The Bertz CT molecular complexity index is 642. The summed E-state index contributed by atoms with van der Waals surface area (Å²) < 4.78 is 16.7. The molecule has 0 radical (unpaired) electrons. The smallest absolute Gasteiger partial charge is 0.239 e. The van der Waals surface area contributed by atoms with Crippen LogP contribution in [-0.4, -0.2) is 23.4 Å². The molecule has 1 aromatic heterocycles. The van der Waals surface area contributed by atoms with Crippen LogP contribution in [0.4, 0.5) is 0 Å². The molecule has 1 aromatic carbocycles. The Balaban J connectivity index is 1.73. The molecule has 1 unspecified atom stereocenters. The highest BCUT2D eigenvalue weighted by Crippen LogP contribution is 2.39. The Morgan fingerprint density at radius 1 is 1.09 bits per heavy atom. The van der Waals surface area contributed by atoms with Crippen molar-refractivity contribution in [2.75, 3.05) is 13.2 Å². The number of thioether (sulfide) groups is 1. The summed E-state index contributed by atoms with van der Waals surface area (Å²) in [5.74, 6) is 3.30. The van der Waals surface area contributed by atoms with E-state index in [-0.39, 0.29) is 11.2 Å². The van der Waals surface area contributed by atoms with Gasteiger partial charge < -0.3 is 14.0 Å². The van der Waals surface area contributed by atoms with Gasteiger partial charge in [0.2, 0.25) is 5.89 Å². The monoisotopic (exact) mass is 320 g/mol. The molecule has 1 aliphatic heterocycles. The van der Waals surface area contributed by atoms with Crippen LogP contribution in [0.15, 0.2) is 27.6 Å². The van der Waals surface area contributed by atoms with Gasteiger partial charge in [-0.25, -0.2) is 0 Å². The predicted octanol–water partition coefficient (Wildman–Crippen LogP) is 4.21. The first-order valence-corrected chi connectivity index (χ1v) is 8.41. The highest BCUT2D eigenvalue weighted by atomic mass is 32.2. The fourth-order valence-electron chi connectivity index (χ4n) is 2.12. The number of nitrogens with zero attached hydrogens (tertiary/aromatic N) is 2. The first kappa shape index (κ1) is 15.2. The van der Waals surface area contributed by atoms with E-state index in [0.717, 1.165) is 28.6 Å². The van der Waals surface area contributed by atoms with E-state index in [1.54, 1.807) is 11.8 Å². The van der Waals surface area contributed by atoms with E-state index in [1.165, 1.54) is 0 Å². The summed E-state index contributed by atoms with van der Waals surface area (Å²) in [5, 5.41) is 4.10. The molecule has 0 saturated carbocycles. The quantitative estimate of drug-likeness (QED) is 0.787. The third-order valence-electron chi connectivity index (χ3n) is 3.35. The van der Waals surface area contributed by atoms with Gasteiger partial charge in [0.15, 0.2) is 17.3 Å². The SMILES string of the molecule is CC(C)c1noc(C(C)Sc2ccc3c(c2)OCCCO3)n1. The van der Waals surface area contributed by atoms with Gasteiger partial charge in [-0.3, -0.25) is 0 Å². The minimum absolute atomic E-state index is 0.0877. The number of ether oxygens (including phenoxy) is 2. The van der Waals surface area contributed by atoms with Gasteiger partial charge in [0, 0.05) is 17.2 Å². The number of aromatic nitrogens is 2. The molecule has 118 valence electrons. The number of hydrogen-bond acceptors (Lipinski definition) is 6. The zero-order valence-corrected chi connectivity index (χ0v) is 13.9. The minimum atomic E-state index is 0.0877. The number of fused-ring (bicyclic) bond motifs is 1. The summed E-state index contributed by atoms with van der Waals surface area (Å²) >= 11 is 1.67.